The summed E-state index contributed by atoms with van der Waals surface area (Å²) in [5, 5.41) is 9.42. The number of aliphatic hydroxyl groups is 1. The molecule has 1 aromatic rings. The van der Waals surface area contributed by atoms with E-state index < -0.39 is 5.41 Å². The third-order valence-electron chi connectivity index (χ3n) is 10.4. The van der Waals surface area contributed by atoms with E-state index in [1.165, 1.54) is 69.8 Å². The van der Waals surface area contributed by atoms with Gasteiger partial charge in [0.25, 0.3) is 0 Å². The SMILES string of the molecule is CCCCCC1CCC(c2ccc(C3CCC(C4CCC(OC(=O)C(C)(C)CO)CC4)CC3)c(F)c2)CC1. The molecule has 4 heteroatoms. The third-order valence-corrected chi connectivity index (χ3v) is 10.4. The Balaban J connectivity index is 1.21. The number of hydrogen-bond acceptors (Lipinski definition) is 3. The van der Waals surface area contributed by atoms with Gasteiger partial charge in [0.05, 0.1) is 12.0 Å². The molecule has 0 spiro atoms. The van der Waals surface area contributed by atoms with Gasteiger partial charge in [0.15, 0.2) is 0 Å². The minimum Gasteiger partial charge on any atom is -0.462 e. The molecule has 0 aliphatic heterocycles. The van der Waals surface area contributed by atoms with Crippen LogP contribution in [0.4, 0.5) is 4.39 Å². The van der Waals surface area contributed by atoms with Gasteiger partial charge in [-0.2, -0.15) is 0 Å². The number of halogens is 1. The van der Waals surface area contributed by atoms with Crippen LogP contribution in [0.25, 0.3) is 0 Å². The van der Waals surface area contributed by atoms with Crippen molar-refractivity contribution in [1.29, 1.82) is 0 Å². The fraction of sp³-hybridized carbons (Fsp3) is 0.794. The van der Waals surface area contributed by atoms with Crippen LogP contribution < -0.4 is 0 Å². The zero-order valence-electron chi connectivity index (χ0n) is 24.4. The van der Waals surface area contributed by atoms with Gasteiger partial charge < -0.3 is 9.84 Å². The van der Waals surface area contributed by atoms with E-state index in [4.69, 9.17) is 4.74 Å². The number of unbranched alkanes of at least 4 members (excludes halogenated alkanes) is 2. The molecule has 1 aromatic carbocycles. The van der Waals surface area contributed by atoms with E-state index in [0.717, 1.165) is 50.0 Å². The second kappa shape index (κ2) is 13.8. The smallest absolute Gasteiger partial charge is 0.314 e. The van der Waals surface area contributed by atoms with Crippen LogP contribution in [0.15, 0.2) is 18.2 Å². The van der Waals surface area contributed by atoms with Crippen LogP contribution in [0.1, 0.15) is 146 Å². The van der Waals surface area contributed by atoms with Gasteiger partial charge in [-0.1, -0.05) is 44.7 Å². The van der Waals surface area contributed by atoms with Crippen LogP contribution in [0.2, 0.25) is 0 Å². The van der Waals surface area contributed by atoms with Crippen molar-refractivity contribution in [3.63, 3.8) is 0 Å². The number of ether oxygens (including phenoxy) is 1. The molecule has 214 valence electrons. The van der Waals surface area contributed by atoms with Crippen LogP contribution in [-0.2, 0) is 9.53 Å². The molecule has 0 saturated heterocycles. The van der Waals surface area contributed by atoms with Crippen LogP contribution in [0, 0.1) is 29.0 Å². The summed E-state index contributed by atoms with van der Waals surface area (Å²) in [7, 11) is 0. The maximum absolute atomic E-state index is 15.3. The molecule has 3 aliphatic carbocycles. The van der Waals surface area contributed by atoms with E-state index in [1.807, 2.05) is 6.07 Å². The zero-order valence-corrected chi connectivity index (χ0v) is 24.4. The van der Waals surface area contributed by atoms with Crippen molar-refractivity contribution in [3.8, 4) is 0 Å². The average molecular weight is 529 g/mol. The molecule has 3 fully saturated rings. The molecule has 4 rings (SSSR count). The van der Waals surface area contributed by atoms with Gasteiger partial charge in [-0.15, -0.1) is 0 Å². The van der Waals surface area contributed by atoms with E-state index in [1.54, 1.807) is 13.8 Å². The van der Waals surface area contributed by atoms with Gasteiger partial charge in [0.2, 0.25) is 0 Å². The van der Waals surface area contributed by atoms with E-state index in [0.29, 0.717) is 23.7 Å². The van der Waals surface area contributed by atoms with Gasteiger partial charge in [-0.25, -0.2) is 4.39 Å². The first kappa shape index (κ1) is 29.6. The van der Waals surface area contributed by atoms with Crippen molar-refractivity contribution in [3.05, 3.63) is 35.1 Å². The summed E-state index contributed by atoms with van der Waals surface area (Å²) in [5.41, 5.74) is 1.35. The topological polar surface area (TPSA) is 46.5 Å². The Morgan fingerprint density at radius 1 is 0.895 bits per heavy atom. The summed E-state index contributed by atoms with van der Waals surface area (Å²) < 4.78 is 21.0. The second-order valence-electron chi connectivity index (χ2n) is 13.6. The minimum absolute atomic E-state index is 0.00960. The number of esters is 1. The highest BCUT2D eigenvalue weighted by molar-refractivity contribution is 5.76. The first-order valence-electron chi connectivity index (χ1n) is 15.9. The molecule has 3 saturated carbocycles. The quantitative estimate of drug-likeness (QED) is 0.243. The second-order valence-corrected chi connectivity index (χ2v) is 13.6. The molecule has 38 heavy (non-hydrogen) atoms. The first-order valence-corrected chi connectivity index (χ1v) is 15.9. The van der Waals surface area contributed by atoms with Crippen LogP contribution in [0.3, 0.4) is 0 Å². The number of hydrogen-bond donors (Lipinski definition) is 1. The molecule has 0 radical (unpaired) electrons. The normalized spacial score (nSPS) is 30.7. The van der Waals surface area contributed by atoms with Crippen LogP contribution in [0.5, 0.6) is 0 Å². The number of carbonyl (C=O) groups is 1. The van der Waals surface area contributed by atoms with Crippen molar-refractivity contribution >= 4 is 5.97 Å². The average Bonchev–Trinajstić information content (AvgIpc) is 2.94. The number of benzene rings is 1. The van der Waals surface area contributed by atoms with E-state index >= 15 is 4.39 Å². The zero-order chi connectivity index (χ0) is 27.1. The molecular formula is C34H53FO3. The standard InChI is InChI=1S/C34H53FO3/c1-4-5-6-7-24-8-10-27(11-9-24)29-18-21-31(32(35)22-29)28-14-12-25(13-15-28)26-16-19-30(20-17-26)38-33(37)34(2,3)23-36/h18,21-22,24-28,30,36H,4-17,19-20,23H2,1-3H3. The molecule has 0 amide bonds. The Hall–Kier alpha value is -1.42. The lowest BCUT2D eigenvalue weighted by atomic mass is 9.69. The largest absolute Gasteiger partial charge is 0.462 e. The summed E-state index contributed by atoms with van der Waals surface area (Å²) in [6, 6.07) is 6.24. The van der Waals surface area contributed by atoms with Crippen molar-refractivity contribution in [2.75, 3.05) is 6.61 Å². The molecule has 3 aliphatic rings. The van der Waals surface area contributed by atoms with Gasteiger partial charge in [0, 0.05) is 0 Å². The van der Waals surface area contributed by atoms with Crippen molar-refractivity contribution in [2.45, 2.75) is 141 Å². The Morgan fingerprint density at radius 2 is 1.50 bits per heavy atom. The highest BCUT2D eigenvalue weighted by atomic mass is 19.1. The summed E-state index contributed by atoms with van der Waals surface area (Å²) in [6.07, 6.45) is 19.1. The number of rotatable bonds is 10. The maximum Gasteiger partial charge on any atom is 0.314 e. The molecular weight excluding hydrogens is 475 g/mol. The molecule has 3 nitrogen and oxygen atoms in total. The monoisotopic (exact) mass is 528 g/mol. The predicted molar refractivity (Wildman–Crippen MR) is 153 cm³/mol. The molecule has 0 unspecified atom stereocenters. The fourth-order valence-corrected chi connectivity index (χ4v) is 7.55. The van der Waals surface area contributed by atoms with Gasteiger partial charge in [0.1, 0.15) is 11.9 Å². The predicted octanol–water partition coefficient (Wildman–Crippen LogP) is 9.07. The van der Waals surface area contributed by atoms with Gasteiger partial charge in [-0.3, -0.25) is 4.79 Å². The van der Waals surface area contributed by atoms with E-state index in [2.05, 4.69) is 19.1 Å². The molecule has 0 bridgehead atoms. The first-order chi connectivity index (χ1) is 18.3. The molecule has 0 atom stereocenters. The van der Waals surface area contributed by atoms with Crippen LogP contribution >= 0.6 is 0 Å². The Labute approximate surface area is 231 Å². The molecule has 1 N–H and O–H groups in total. The highest BCUT2D eigenvalue weighted by Gasteiger charge is 2.35. The van der Waals surface area contributed by atoms with Gasteiger partial charge >= 0.3 is 5.97 Å². The lowest BCUT2D eigenvalue weighted by molar-refractivity contribution is -0.164. The summed E-state index contributed by atoms with van der Waals surface area (Å²) in [6.45, 7) is 5.55. The summed E-state index contributed by atoms with van der Waals surface area (Å²) in [4.78, 5) is 12.3. The maximum atomic E-state index is 15.3. The fourth-order valence-electron chi connectivity index (χ4n) is 7.55. The van der Waals surface area contributed by atoms with E-state index in [-0.39, 0.29) is 24.5 Å². The third kappa shape index (κ3) is 7.61. The Kier molecular flexibility index (Phi) is 10.7. The minimum atomic E-state index is -0.823. The molecule has 0 aromatic heterocycles. The Morgan fingerprint density at radius 3 is 2.08 bits per heavy atom. The van der Waals surface area contributed by atoms with Gasteiger partial charge in [-0.05, 0) is 138 Å². The lowest BCUT2D eigenvalue weighted by Gasteiger charge is -2.38. The van der Waals surface area contributed by atoms with Crippen molar-refractivity contribution < 1.29 is 19.0 Å². The van der Waals surface area contributed by atoms with Crippen LogP contribution in [-0.4, -0.2) is 23.8 Å². The van der Waals surface area contributed by atoms with E-state index in [9.17, 15) is 9.90 Å². The van der Waals surface area contributed by atoms with Crippen molar-refractivity contribution in [1.82, 2.24) is 0 Å². The highest BCUT2D eigenvalue weighted by Crippen LogP contribution is 2.45. The summed E-state index contributed by atoms with van der Waals surface area (Å²) >= 11 is 0. The number of aliphatic hydroxyl groups excluding tert-OH is 1. The molecule has 0 heterocycles. The Bertz CT molecular complexity index is 872. The number of carbonyl (C=O) groups excluding carboxylic acids is 1. The summed E-state index contributed by atoms with van der Waals surface area (Å²) in [5.74, 6) is 2.94. The lowest BCUT2D eigenvalue weighted by Crippen LogP contribution is -2.35. The van der Waals surface area contributed by atoms with Crippen molar-refractivity contribution in [2.24, 2.45) is 23.2 Å².